The number of benzene rings is 1. The van der Waals surface area contributed by atoms with E-state index in [1.807, 2.05) is 31.3 Å². The minimum absolute atomic E-state index is 0.0637. The van der Waals surface area contributed by atoms with Gasteiger partial charge >= 0.3 is 5.69 Å². The normalized spacial score (nSPS) is 16.3. The Hall–Kier alpha value is -3.27. The molecule has 0 amide bonds. The van der Waals surface area contributed by atoms with Crippen molar-refractivity contribution in [3.05, 3.63) is 85.5 Å². The quantitative estimate of drug-likeness (QED) is 0.468. The molecule has 9 nitrogen and oxygen atoms in total. The largest absolute Gasteiger partial charge is 0.375 e. The fraction of sp³-hybridized carbons (Fsp3) is 0.333. The first-order valence-corrected chi connectivity index (χ1v) is 11.5. The molecule has 1 fully saturated rings. The lowest BCUT2D eigenvalue weighted by molar-refractivity contribution is 0.0292. The lowest BCUT2D eigenvalue weighted by Crippen LogP contribution is -2.39. The van der Waals surface area contributed by atoms with E-state index in [0.717, 1.165) is 53.0 Å². The van der Waals surface area contributed by atoms with Crippen LogP contribution in [0, 0.1) is 6.92 Å². The van der Waals surface area contributed by atoms with E-state index in [2.05, 4.69) is 15.4 Å². The van der Waals surface area contributed by atoms with Gasteiger partial charge in [0.25, 0.3) is 5.56 Å². The number of hydrogen-bond donors (Lipinski definition) is 1. The van der Waals surface area contributed by atoms with E-state index in [1.165, 1.54) is 27.7 Å². The van der Waals surface area contributed by atoms with Crippen LogP contribution in [0.2, 0.25) is 5.02 Å². The lowest BCUT2D eigenvalue weighted by Gasteiger charge is -2.25. The minimum Gasteiger partial charge on any atom is -0.375 e. The van der Waals surface area contributed by atoms with Crippen molar-refractivity contribution in [2.75, 3.05) is 19.7 Å². The number of ether oxygens (including phenoxy) is 1. The van der Waals surface area contributed by atoms with Gasteiger partial charge in [0, 0.05) is 55.6 Å². The van der Waals surface area contributed by atoms with Crippen molar-refractivity contribution < 1.29 is 4.74 Å². The van der Waals surface area contributed by atoms with Crippen molar-refractivity contribution in [1.82, 2.24) is 29.0 Å². The molecule has 5 rings (SSSR count). The SMILES string of the molecule is Cc1cc(Cl)cc(-c2ncnn3cc(Cn4c(=O)ccn(C)c4=O)cc23)c1C[C@H]1CNCCO1. The highest BCUT2D eigenvalue weighted by Gasteiger charge is 2.21. The average Bonchev–Trinajstić information content (AvgIpc) is 3.24. The maximum Gasteiger partial charge on any atom is 0.331 e. The molecule has 0 saturated carbocycles. The van der Waals surface area contributed by atoms with Gasteiger partial charge in [-0.3, -0.25) is 9.36 Å². The Kier molecular flexibility index (Phi) is 6.07. The molecule has 34 heavy (non-hydrogen) atoms. The Morgan fingerprint density at radius 1 is 1.26 bits per heavy atom. The molecule has 1 saturated heterocycles. The number of aryl methyl sites for hydroxylation is 2. The molecule has 1 N–H and O–H groups in total. The van der Waals surface area contributed by atoms with E-state index >= 15 is 0 Å². The van der Waals surface area contributed by atoms with Gasteiger partial charge in [0.15, 0.2) is 0 Å². The minimum atomic E-state index is -0.372. The van der Waals surface area contributed by atoms with Crippen LogP contribution >= 0.6 is 11.6 Å². The number of halogens is 1. The second-order valence-corrected chi connectivity index (χ2v) is 9.01. The summed E-state index contributed by atoms with van der Waals surface area (Å²) < 4.78 is 10.2. The first kappa shape index (κ1) is 22.5. The second-order valence-electron chi connectivity index (χ2n) is 8.57. The van der Waals surface area contributed by atoms with Gasteiger partial charge in [0.05, 0.1) is 30.5 Å². The molecule has 1 aliphatic rings. The van der Waals surface area contributed by atoms with Crippen LogP contribution < -0.4 is 16.6 Å². The van der Waals surface area contributed by atoms with Gasteiger partial charge in [0.1, 0.15) is 6.33 Å². The summed E-state index contributed by atoms with van der Waals surface area (Å²) in [6.45, 7) is 4.51. The number of hydrogen-bond acceptors (Lipinski definition) is 6. The van der Waals surface area contributed by atoms with Crippen LogP contribution in [-0.4, -0.2) is 49.5 Å². The van der Waals surface area contributed by atoms with E-state index in [0.29, 0.717) is 11.6 Å². The molecule has 10 heteroatoms. The monoisotopic (exact) mass is 480 g/mol. The molecule has 0 radical (unpaired) electrons. The first-order chi connectivity index (χ1) is 16.4. The van der Waals surface area contributed by atoms with Crippen LogP contribution in [0.1, 0.15) is 16.7 Å². The molecule has 0 unspecified atom stereocenters. The molecule has 4 aromatic rings. The predicted molar refractivity (Wildman–Crippen MR) is 130 cm³/mol. The van der Waals surface area contributed by atoms with Gasteiger partial charge in [-0.15, -0.1) is 0 Å². The molecule has 3 aromatic heterocycles. The summed E-state index contributed by atoms with van der Waals surface area (Å²) in [7, 11) is 1.62. The molecular weight excluding hydrogens is 456 g/mol. The van der Waals surface area contributed by atoms with Crippen molar-refractivity contribution in [3.63, 3.8) is 0 Å². The summed E-state index contributed by atoms with van der Waals surface area (Å²) in [5.41, 5.74) is 4.66. The zero-order chi connectivity index (χ0) is 23.8. The molecule has 4 heterocycles. The predicted octanol–water partition coefficient (Wildman–Crippen LogP) is 1.80. The first-order valence-electron chi connectivity index (χ1n) is 11.1. The van der Waals surface area contributed by atoms with Crippen LogP contribution in [0.3, 0.4) is 0 Å². The summed E-state index contributed by atoms with van der Waals surface area (Å²) >= 11 is 6.46. The summed E-state index contributed by atoms with van der Waals surface area (Å²) in [5, 5.41) is 8.35. The molecule has 1 aromatic carbocycles. The van der Waals surface area contributed by atoms with Crippen molar-refractivity contribution in [3.8, 4) is 11.3 Å². The number of fused-ring (bicyclic) bond motifs is 1. The number of aromatic nitrogens is 5. The average molecular weight is 481 g/mol. The van der Waals surface area contributed by atoms with E-state index in [9.17, 15) is 9.59 Å². The maximum absolute atomic E-state index is 12.5. The van der Waals surface area contributed by atoms with Gasteiger partial charge < -0.3 is 14.6 Å². The molecule has 0 aliphatic carbocycles. The molecular formula is C24H25ClN6O3. The molecule has 0 spiro atoms. The Balaban J connectivity index is 1.59. The Bertz CT molecular complexity index is 1480. The van der Waals surface area contributed by atoms with Crippen molar-refractivity contribution in [2.24, 2.45) is 7.05 Å². The molecule has 176 valence electrons. The van der Waals surface area contributed by atoms with Gasteiger partial charge in [-0.2, -0.15) is 5.10 Å². The Morgan fingerprint density at radius 3 is 2.91 bits per heavy atom. The number of nitrogens with one attached hydrogen (secondary N) is 1. The summed E-state index contributed by atoms with van der Waals surface area (Å²) in [6, 6.07) is 7.17. The van der Waals surface area contributed by atoms with Crippen molar-refractivity contribution in [2.45, 2.75) is 26.0 Å². The van der Waals surface area contributed by atoms with E-state index < -0.39 is 0 Å². The molecule has 0 bridgehead atoms. The summed E-state index contributed by atoms with van der Waals surface area (Å²) in [4.78, 5) is 29.4. The zero-order valence-corrected chi connectivity index (χ0v) is 19.7. The third kappa shape index (κ3) is 4.29. The smallest absolute Gasteiger partial charge is 0.331 e. The van der Waals surface area contributed by atoms with E-state index in [1.54, 1.807) is 11.6 Å². The number of rotatable bonds is 5. The van der Waals surface area contributed by atoms with Crippen LogP contribution in [0.4, 0.5) is 0 Å². The van der Waals surface area contributed by atoms with Crippen LogP contribution in [0.25, 0.3) is 16.8 Å². The van der Waals surface area contributed by atoms with Gasteiger partial charge in [0.2, 0.25) is 0 Å². The summed E-state index contributed by atoms with van der Waals surface area (Å²) in [6.07, 6.45) is 5.57. The highest BCUT2D eigenvalue weighted by molar-refractivity contribution is 6.31. The van der Waals surface area contributed by atoms with Crippen LogP contribution in [0.5, 0.6) is 0 Å². The van der Waals surface area contributed by atoms with Crippen LogP contribution in [0.15, 0.2) is 52.6 Å². The van der Waals surface area contributed by atoms with Crippen LogP contribution in [-0.2, 0) is 24.8 Å². The third-order valence-corrected chi connectivity index (χ3v) is 6.39. The van der Waals surface area contributed by atoms with Crippen molar-refractivity contribution >= 4 is 17.1 Å². The van der Waals surface area contributed by atoms with E-state index in [-0.39, 0.29) is 23.9 Å². The fourth-order valence-electron chi connectivity index (χ4n) is 4.45. The number of nitrogens with zero attached hydrogens (tertiary/aromatic N) is 5. The molecule has 1 atom stereocenters. The highest BCUT2D eigenvalue weighted by Crippen LogP contribution is 2.33. The van der Waals surface area contributed by atoms with Gasteiger partial charge in [-0.1, -0.05) is 11.6 Å². The van der Waals surface area contributed by atoms with E-state index in [4.69, 9.17) is 16.3 Å². The zero-order valence-electron chi connectivity index (χ0n) is 19.0. The topological polar surface area (TPSA) is 95.5 Å². The molecule has 1 aliphatic heterocycles. The Morgan fingerprint density at radius 2 is 2.12 bits per heavy atom. The second kappa shape index (κ2) is 9.17. The standard InChI is InChI=1S/C24H25ClN6O3/c1-15-7-17(25)9-20(19(15)10-18-11-26-4-6-34-18)23-21-8-16(13-31(21)28-14-27-23)12-30-22(32)3-5-29(2)24(30)33/h3,5,7-9,13-14,18,26H,4,6,10-12H2,1-2H3/t18-/m0/s1. The number of morpholine rings is 1. The lowest BCUT2D eigenvalue weighted by atomic mass is 9.94. The van der Waals surface area contributed by atoms with Crippen molar-refractivity contribution in [1.29, 1.82) is 0 Å². The highest BCUT2D eigenvalue weighted by atomic mass is 35.5. The summed E-state index contributed by atoms with van der Waals surface area (Å²) in [5.74, 6) is 0. The van der Waals surface area contributed by atoms with Gasteiger partial charge in [-0.05, 0) is 41.8 Å². The van der Waals surface area contributed by atoms with Gasteiger partial charge in [-0.25, -0.2) is 14.3 Å². The Labute approximate surface area is 200 Å². The maximum atomic E-state index is 12.5. The fourth-order valence-corrected chi connectivity index (χ4v) is 4.73. The third-order valence-electron chi connectivity index (χ3n) is 6.17.